The molecule has 0 fully saturated rings. The van der Waals surface area contributed by atoms with Gasteiger partial charge in [-0.3, -0.25) is 0 Å². The van der Waals surface area contributed by atoms with E-state index < -0.39 is 5.82 Å². The predicted molar refractivity (Wildman–Crippen MR) is 87.7 cm³/mol. The van der Waals surface area contributed by atoms with Crippen LogP contribution in [-0.2, 0) is 6.61 Å². The molecular formula is C16H14Cl2FNO3. The van der Waals surface area contributed by atoms with Crippen LogP contribution < -0.4 is 9.47 Å². The van der Waals surface area contributed by atoms with E-state index in [1.807, 2.05) is 6.92 Å². The highest BCUT2D eigenvalue weighted by Gasteiger charge is 2.13. The number of rotatable bonds is 6. The zero-order chi connectivity index (χ0) is 16.8. The van der Waals surface area contributed by atoms with E-state index in [1.165, 1.54) is 18.3 Å². The number of nitrogens with zero attached hydrogens (tertiary/aromatic N) is 1. The highest BCUT2D eigenvalue weighted by Crippen LogP contribution is 2.37. The quantitative estimate of drug-likeness (QED) is 0.453. The second-order valence-corrected chi connectivity index (χ2v) is 5.35. The van der Waals surface area contributed by atoms with Gasteiger partial charge in [-0.05, 0) is 31.2 Å². The number of oxime groups is 1. The second kappa shape index (κ2) is 8.04. The normalized spacial score (nSPS) is 11.0. The van der Waals surface area contributed by atoms with Crippen LogP contribution in [0.4, 0.5) is 4.39 Å². The lowest BCUT2D eigenvalue weighted by Crippen LogP contribution is -2.02. The Morgan fingerprint density at radius 3 is 2.61 bits per heavy atom. The number of hydrogen-bond acceptors (Lipinski definition) is 4. The Labute approximate surface area is 143 Å². The Morgan fingerprint density at radius 1 is 1.17 bits per heavy atom. The van der Waals surface area contributed by atoms with E-state index in [1.54, 1.807) is 18.2 Å². The molecule has 0 amide bonds. The molecule has 23 heavy (non-hydrogen) atoms. The molecule has 7 heteroatoms. The molecule has 122 valence electrons. The van der Waals surface area contributed by atoms with Crippen LogP contribution in [0.15, 0.2) is 35.5 Å². The lowest BCUT2D eigenvalue weighted by atomic mass is 10.2. The molecule has 2 rings (SSSR count). The van der Waals surface area contributed by atoms with Gasteiger partial charge in [0.25, 0.3) is 0 Å². The van der Waals surface area contributed by atoms with E-state index in [0.717, 1.165) is 0 Å². The van der Waals surface area contributed by atoms with E-state index in [2.05, 4.69) is 5.16 Å². The van der Waals surface area contributed by atoms with Crippen LogP contribution in [0.5, 0.6) is 11.5 Å². The van der Waals surface area contributed by atoms with Crippen molar-refractivity contribution in [2.75, 3.05) is 6.61 Å². The van der Waals surface area contributed by atoms with Crippen molar-refractivity contribution in [2.45, 2.75) is 13.5 Å². The molecule has 0 saturated carbocycles. The van der Waals surface area contributed by atoms with Crippen molar-refractivity contribution < 1.29 is 19.1 Å². The first-order valence-corrected chi connectivity index (χ1v) is 7.51. The topological polar surface area (TPSA) is 51.0 Å². The van der Waals surface area contributed by atoms with Crippen molar-refractivity contribution in [3.05, 3.63) is 57.3 Å². The van der Waals surface area contributed by atoms with Gasteiger partial charge in [0.05, 0.1) is 22.9 Å². The first kappa shape index (κ1) is 17.4. The molecular weight excluding hydrogens is 344 g/mol. The van der Waals surface area contributed by atoms with Crippen molar-refractivity contribution in [3.63, 3.8) is 0 Å². The Bertz CT molecular complexity index is 723. The maximum absolute atomic E-state index is 13.1. The zero-order valence-corrected chi connectivity index (χ0v) is 13.7. The van der Waals surface area contributed by atoms with Gasteiger partial charge in [0.1, 0.15) is 12.4 Å². The fraction of sp³-hybridized carbons (Fsp3) is 0.188. The summed E-state index contributed by atoms with van der Waals surface area (Å²) >= 11 is 12.2. The Hall–Kier alpha value is -1.98. The van der Waals surface area contributed by atoms with Crippen molar-refractivity contribution >= 4 is 29.4 Å². The standard InChI is InChI=1S/C16H14Cl2FNO3/c1-2-22-15-6-10(8-20-21)5-14(18)16(15)23-9-11-3-4-12(19)7-13(11)17/h3-8,21H,2,9H2,1H3/b20-8+. The van der Waals surface area contributed by atoms with E-state index >= 15 is 0 Å². The maximum atomic E-state index is 13.1. The van der Waals surface area contributed by atoms with Gasteiger partial charge >= 0.3 is 0 Å². The lowest BCUT2D eigenvalue weighted by molar-refractivity contribution is 0.269. The largest absolute Gasteiger partial charge is 0.490 e. The van der Waals surface area contributed by atoms with Gasteiger partial charge in [-0.15, -0.1) is 0 Å². The summed E-state index contributed by atoms with van der Waals surface area (Å²) in [6, 6.07) is 7.27. The van der Waals surface area contributed by atoms with Crippen LogP contribution in [0.1, 0.15) is 18.1 Å². The summed E-state index contributed by atoms with van der Waals surface area (Å²) in [5, 5.41) is 12.1. The first-order valence-electron chi connectivity index (χ1n) is 6.75. The summed E-state index contributed by atoms with van der Waals surface area (Å²) < 4.78 is 24.2. The fourth-order valence-electron chi connectivity index (χ4n) is 1.92. The molecule has 0 saturated heterocycles. The minimum atomic E-state index is -0.417. The summed E-state index contributed by atoms with van der Waals surface area (Å²) in [6.07, 6.45) is 1.23. The third-order valence-electron chi connectivity index (χ3n) is 2.93. The molecule has 0 radical (unpaired) electrons. The van der Waals surface area contributed by atoms with Crippen molar-refractivity contribution in [1.82, 2.24) is 0 Å². The molecule has 0 spiro atoms. The monoisotopic (exact) mass is 357 g/mol. The third-order valence-corrected chi connectivity index (χ3v) is 3.56. The number of halogens is 3. The van der Waals surface area contributed by atoms with Gasteiger partial charge in [0, 0.05) is 11.1 Å². The highest BCUT2D eigenvalue weighted by atomic mass is 35.5. The lowest BCUT2D eigenvalue weighted by Gasteiger charge is -2.15. The minimum Gasteiger partial charge on any atom is -0.490 e. The van der Waals surface area contributed by atoms with Crippen LogP contribution >= 0.6 is 23.2 Å². The molecule has 4 nitrogen and oxygen atoms in total. The van der Waals surface area contributed by atoms with Crippen LogP contribution in [0.25, 0.3) is 0 Å². The van der Waals surface area contributed by atoms with Crippen molar-refractivity contribution in [3.8, 4) is 11.5 Å². The first-order chi connectivity index (χ1) is 11.0. The molecule has 0 aliphatic heterocycles. The zero-order valence-electron chi connectivity index (χ0n) is 12.2. The molecule has 0 bridgehead atoms. The van der Waals surface area contributed by atoms with Crippen LogP contribution in [0.2, 0.25) is 10.0 Å². The van der Waals surface area contributed by atoms with E-state index in [9.17, 15) is 4.39 Å². The smallest absolute Gasteiger partial charge is 0.180 e. The Balaban J connectivity index is 2.27. The SMILES string of the molecule is CCOc1cc(/C=N/O)cc(Cl)c1OCc1ccc(F)cc1Cl. The summed E-state index contributed by atoms with van der Waals surface area (Å²) in [5.41, 5.74) is 1.18. The number of hydrogen-bond donors (Lipinski definition) is 1. The molecule has 0 aliphatic rings. The molecule has 0 unspecified atom stereocenters. The van der Waals surface area contributed by atoms with Crippen LogP contribution in [0.3, 0.4) is 0 Å². The van der Waals surface area contributed by atoms with Gasteiger partial charge in [0.15, 0.2) is 11.5 Å². The van der Waals surface area contributed by atoms with Crippen molar-refractivity contribution in [2.24, 2.45) is 5.16 Å². The fourth-order valence-corrected chi connectivity index (χ4v) is 2.42. The number of ether oxygens (including phenoxy) is 2. The summed E-state index contributed by atoms with van der Waals surface area (Å²) in [7, 11) is 0. The summed E-state index contributed by atoms with van der Waals surface area (Å²) in [6.45, 7) is 2.33. The van der Waals surface area contributed by atoms with Gasteiger partial charge in [-0.25, -0.2) is 4.39 Å². The Kier molecular flexibility index (Phi) is 6.07. The number of benzene rings is 2. The van der Waals surface area contributed by atoms with Gasteiger partial charge in [0.2, 0.25) is 0 Å². The average molecular weight is 358 g/mol. The molecule has 1 N–H and O–H groups in total. The molecule has 0 aliphatic carbocycles. The molecule has 0 atom stereocenters. The Morgan fingerprint density at radius 2 is 1.96 bits per heavy atom. The van der Waals surface area contributed by atoms with Crippen LogP contribution in [0, 0.1) is 5.82 Å². The van der Waals surface area contributed by atoms with Gasteiger partial charge < -0.3 is 14.7 Å². The van der Waals surface area contributed by atoms with E-state index in [4.69, 9.17) is 37.9 Å². The molecule has 0 heterocycles. The molecule has 2 aromatic carbocycles. The predicted octanol–water partition coefficient (Wildman–Crippen LogP) is 4.92. The minimum absolute atomic E-state index is 0.104. The molecule has 2 aromatic rings. The average Bonchev–Trinajstić information content (AvgIpc) is 2.49. The van der Waals surface area contributed by atoms with E-state index in [0.29, 0.717) is 34.3 Å². The second-order valence-electron chi connectivity index (χ2n) is 4.53. The van der Waals surface area contributed by atoms with Crippen LogP contribution in [-0.4, -0.2) is 18.0 Å². The third kappa shape index (κ3) is 4.50. The maximum Gasteiger partial charge on any atom is 0.180 e. The summed E-state index contributed by atoms with van der Waals surface area (Å²) in [4.78, 5) is 0. The van der Waals surface area contributed by atoms with E-state index in [-0.39, 0.29) is 11.6 Å². The van der Waals surface area contributed by atoms with Crippen molar-refractivity contribution in [1.29, 1.82) is 0 Å². The van der Waals surface area contributed by atoms with Gasteiger partial charge in [-0.1, -0.05) is 34.4 Å². The summed E-state index contributed by atoms with van der Waals surface area (Å²) in [5.74, 6) is 0.330. The highest BCUT2D eigenvalue weighted by molar-refractivity contribution is 6.32. The molecule has 0 aromatic heterocycles. The van der Waals surface area contributed by atoms with Gasteiger partial charge in [-0.2, -0.15) is 0 Å².